The summed E-state index contributed by atoms with van der Waals surface area (Å²) in [6.45, 7) is 1.80. The Morgan fingerprint density at radius 2 is 1.57 bits per heavy atom. The second-order valence-electron chi connectivity index (χ2n) is 10.1. The third kappa shape index (κ3) is 5.32. The molecule has 0 spiro atoms. The van der Waals surface area contributed by atoms with Crippen LogP contribution in [0.25, 0.3) is 27.4 Å². The molecule has 0 saturated carbocycles. The Kier molecular flexibility index (Phi) is 6.92. The van der Waals surface area contributed by atoms with Crippen LogP contribution in [0.15, 0.2) is 97.2 Å². The fourth-order valence-corrected chi connectivity index (χ4v) is 5.02. The molecule has 1 atom stereocenters. The van der Waals surface area contributed by atoms with Crippen LogP contribution in [0, 0.1) is 11.6 Å². The number of rotatable bonds is 7. The Morgan fingerprint density at radius 1 is 0.857 bits per heavy atom. The van der Waals surface area contributed by atoms with Gasteiger partial charge in [0.15, 0.2) is 0 Å². The maximum Gasteiger partial charge on any atom is 0.335 e. The van der Waals surface area contributed by atoms with Gasteiger partial charge in [0, 0.05) is 18.2 Å². The van der Waals surface area contributed by atoms with Crippen LogP contribution in [0.5, 0.6) is 0 Å². The molecule has 0 fully saturated rings. The topological polar surface area (TPSA) is 96.6 Å². The first kappa shape index (κ1) is 26.8. The van der Waals surface area contributed by atoms with Crippen molar-refractivity contribution in [2.75, 3.05) is 0 Å². The van der Waals surface area contributed by atoms with E-state index < -0.39 is 12.0 Å². The molecule has 1 amide bonds. The van der Waals surface area contributed by atoms with Gasteiger partial charge in [-0.15, -0.1) is 5.10 Å². The van der Waals surface area contributed by atoms with Gasteiger partial charge in [-0.25, -0.2) is 18.1 Å². The van der Waals surface area contributed by atoms with Crippen molar-refractivity contribution >= 4 is 28.2 Å². The number of fused-ring (bicyclic) bond motifs is 2. The zero-order chi connectivity index (χ0) is 29.4. The van der Waals surface area contributed by atoms with Crippen LogP contribution in [-0.2, 0) is 6.42 Å². The minimum atomic E-state index is -1.03. The minimum Gasteiger partial charge on any atom is -0.478 e. The van der Waals surface area contributed by atoms with Crippen molar-refractivity contribution in [3.05, 3.63) is 137 Å². The molecule has 0 bridgehead atoms. The van der Waals surface area contributed by atoms with Gasteiger partial charge in [-0.2, -0.15) is 0 Å². The highest BCUT2D eigenvalue weighted by molar-refractivity contribution is 6.02. The summed E-state index contributed by atoms with van der Waals surface area (Å²) >= 11 is 0. The number of carbonyl (C=O) groups is 2. The predicted octanol–water partition coefficient (Wildman–Crippen LogP) is 6.61. The second kappa shape index (κ2) is 10.9. The Hall–Kier alpha value is -5.44. The minimum absolute atomic E-state index is 0.150. The van der Waals surface area contributed by atoms with E-state index in [0.29, 0.717) is 34.3 Å². The number of pyridine rings is 1. The molecule has 0 aliphatic rings. The number of carboxylic acid groups (broad SMARTS) is 1. The van der Waals surface area contributed by atoms with E-state index in [-0.39, 0.29) is 23.1 Å². The van der Waals surface area contributed by atoms with Crippen molar-refractivity contribution in [3.63, 3.8) is 0 Å². The molecule has 6 aromatic rings. The van der Waals surface area contributed by atoms with Gasteiger partial charge < -0.3 is 10.4 Å². The molecule has 2 aromatic heterocycles. The lowest BCUT2D eigenvalue weighted by molar-refractivity contribution is 0.0696. The first-order valence-corrected chi connectivity index (χ1v) is 13.2. The standard InChI is InChI=1S/C33H24F2N4O3/c1-19(21-4-6-24(7-5-21)33(41)42)36-32(40)29-17-26(23-8-11-27(34)12-9-23)18-39-31(29)30(37-38-39)15-20-2-3-22-10-13-28(35)16-25(22)14-20/h2-14,16-19H,15H2,1H3,(H,36,40)(H,41,42)/t19-/m0/s1. The number of nitrogens with one attached hydrogen (secondary N) is 1. The van der Waals surface area contributed by atoms with E-state index in [0.717, 1.165) is 21.9 Å². The van der Waals surface area contributed by atoms with E-state index in [1.807, 2.05) is 18.2 Å². The maximum atomic E-state index is 13.9. The van der Waals surface area contributed by atoms with Gasteiger partial charge in [0.2, 0.25) is 0 Å². The summed E-state index contributed by atoms with van der Waals surface area (Å²) < 4.78 is 29.0. The highest BCUT2D eigenvalue weighted by atomic mass is 19.1. The Bertz CT molecular complexity index is 1970. The van der Waals surface area contributed by atoms with E-state index in [4.69, 9.17) is 0 Å². The molecule has 0 radical (unpaired) electrons. The first-order valence-electron chi connectivity index (χ1n) is 13.2. The molecule has 2 heterocycles. The Labute approximate surface area is 239 Å². The summed E-state index contributed by atoms with van der Waals surface area (Å²) in [5, 5.41) is 22.5. The number of aromatic nitrogens is 3. The summed E-state index contributed by atoms with van der Waals surface area (Å²) in [7, 11) is 0. The van der Waals surface area contributed by atoms with Gasteiger partial charge >= 0.3 is 5.97 Å². The lowest BCUT2D eigenvalue weighted by Gasteiger charge is -2.16. The molecule has 7 nitrogen and oxygen atoms in total. The number of aromatic carboxylic acids is 1. The molecule has 0 aliphatic carbocycles. The van der Waals surface area contributed by atoms with E-state index in [9.17, 15) is 23.5 Å². The molecule has 6 rings (SSSR count). The second-order valence-corrected chi connectivity index (χ2v) is 10.1. The van der Waals surface area contributed by atoms with Crippen LogP contribution in [0.4, 0.5) is 8.78 Å². The van der Waals surface area contributed by atoms with Gasteiger partial charge in [-0.3, -0.25) is 4.79 Å². The smallest absolute Gasteiger partial charge is 0.335 e. The summed E-state index contributed by atoms with van der Waals surface area (Å²) in [5.74, 6) is -2.12. The van der Waals surface area contributed by atoms with Gasteiger partial charge in [0.25, 0.3) is 5.91 Å². The third-order valence-corrected chi connectivity index (χ3v) is 7.25. The summed E-state index contributed by atoms with van der Waals surface area (Å²) in [4.78, 5) is 25.0. The predicted molar refractivity (Wildman–Crippen MR) is 154 cm³/mol. The van der Waals surface area contributed by atoms with Crippen LogP contribution in [0.1, 0.15) is 50.5 Å². The molecule has 208 valence electrons. The third-order valence-electron chi connectivity index (χ3n) is 7.25. The first-order chi connectivity index (χ1) is 20.2. The van der Waals surface area contributed by atoms with Crippen molar-refractivity contribution in [3.8, 4) is 11.1 Å². The number of amides is 1. The Morgan fingerprint density at radius 3 is 2.31 bits per heavy atom. The maximum absolute atomic E-state index is 13.9. The molecule has 2 N–H and O–H groups in total. The molecule has 0 aliphatic heterocycles. The summed E-state index contributed by atoms with van der Waals surface area (Å²) in [5.41, 5.74) is 4.47. The van der Waals surface area contributed by atoms with E-state index >= 15 is 0 Å². The van der Waals surface area contributed by atoms with Crippen molar-refractivity contribution in [1.29, 1.82) is 0 Å². The Balaban J connectivity index is 1.40. The van der Waals surface area contributed by atoms with Gasteiger partial charge in [0.05, 0.1) is 22.9 Å². The molecular weight excluding hydrogens is 538 g/mol. The molecule has 0 saturated heterocycles. The number of carbonyl (C=O) groups excluding carboxylic acids is 1. The zero-order valence-corrected chi connectivity index (χ0v) is 22.4. The van der Waals surface area contributed by atoms with Gasteiger partial charge in [-0.1, -0.05) is 53.7 Å². The summed E-state index contributed by atoms with van der Waals surface area (Å²) in [6.07, 6.45) is 2.08. The monoisotopic (exact) mass is 562 g/mol. The lowest BCUT2D eigenvalue weighted by Crippen LogP contribution is -2.27. The number of nitrogens with zero attached hydrogens (tertiary/aromatic N) is 3. The highest BCUT2D eigenvalue weighted by Gasteiger charge is 2.21. The van der Waals surface area contributed by atoms with Crippen molar-refractivity contribution in [2.45, 2.75) is 19.4 Å². The van der Waals surface area contributed by atoms with Crippen LogP contribution in [0.2, 0.25) is 0 Å². The van der Waals surface area contributed by atoms with E-state index in [1.165, 1.54) is 40.9 Å². The number of carboxylic acids is 1. The molecule has 42 heavy (non-hydrogen) atoms. The van der Waals surface area contributed by atoms with Crippen molar-refractivity contribution in [1.82, 2.24) is 20.1 Å². The molecular formula is C33H24F2N4O3. The SMILES string of the molecule is C[C@H](NC(=O)c1cc(-c2ccc(F)cc2)cn2nnc(Cc3ccc4ccc(F)cc4c3)c12)c1ccc(C(=O)O)cc1. The number of hydrogen-bond donors (Lipinski definition) is 2. The molecule has 9 heteroatoms. The summed E-state index contributed by atoms with van der Waals surface area (Å²) in [6, 6.07) is 23.9. The molecule has 0 unspecified atom stereocenters. The van der Waals surface area contributed by atoms with Crippen LogP contribution in [0.3, 0.4) is 0 Å². The normalized spacial score (nSPS) is 12.0. The highest BCUT2D eigenvalue weighted by Crippen LogP contribution is 2.27. The molecule has 4 aromatic carbocycles. The quantitative estimate of drug-likeness (QED) is 0.228. The van der Waals surface area contributed by atoms with Crippen LogP contribution < -0.4 is 5.32 Å². The number of benzene rings is 4. The van der Waals surface area contributed by atoms with Crippen molar-refractivity contribution in [2.24, 2.45) is 0 Å². The van der Waals surface area contributed by atoms with E-state index in [1.54, 1.807) is 49.5 Å². The van der Waals surface area contributed by atoms with Gasteiger partial charge in [0.1, 0.15) is 17.2 Å². The van der Waals surface area contributed by atoms with Crippen LogP contribution >= 0.6 is 0 Å². The average Bonchev–Trinajstić information content (AvgIpc) is 3.39. The fraction of sp³-hybridized carbons (Fsp3) is 0.0909. The fourth-order valence-electron chi connectivity index (χ4n) is 5.02. The van der Waals surface area contributed by atoms with Crippen molar-refractivity contribution < 1.29 is 23.5 Å². The van der Waals surface area contributed by atoms with Crippen LogP contribution in [-0.4, -0.2) is 31.8 Å². The average molecular weight is 563 g/mol. The zero-order valence-electron chi connectivity index (χ0n) is 22.4. The number of hydrogen-bond acceptors (Lipinski definition) is 4. The van der Waals surface area contributed by atoms with Gasteiger partial charge in [-0.05, 0) is 76.9 Å². The largest absolute Gasteiger partial charge is 0.478 e. The number of halogens is 2. The van der Waals surface area contributed by atoms with E-state index in [2.05, 4.69) is 15.6 Å². The lowest BCUT2D eigenvalue weighted by atomic mass is 10.00.